The van der Waals surface area contributed by atoms with Crippen molar-refractivity contribution >= 4 is 23.4 Å². The fourth-order valence-corrected chi connectivity index (χ4v) is 4.38. The number of ether oxygens (including phenoxy) is 1. The molecule has 0 N–H and O–H groups in total. The molecule has 0 aromatic rings. The molecule has 0 aromatic heterocycles. The number of esters is 1. The van der Waals surface area contributed by atoms with E-state index in [4.69, 9.17) is 16.3 Å². The summed E-state index contributed by atoms with van der Waals surface area (Å²) in [6.07, 6.45) is 14.5. The molecule has 1 aliphatic rings. The molecule has 0 amide bonds. The standard InChI is InChI=1S/C22H39ClO3/c1-3-5-8-11-19(23)16-14-18-15-17-21(24)20(18)12-9-6-7-10-13-22(25)26-4-2/h18-20H,3-17H2,1-2H3/t18-,19?,20+/m0/s1. The first kappa shape index (κ1) is 23.5. The largest absolute Gasteiger partial charge is 0.466 e. The summed E-state index contributed by atoms with van der Waals surface area (Å²) in [5.41, 5.74) is 0. The van der Waals surface area contributed by atoms with Crippen LogP contribution in [-0.4, -0.2) is 23.7 Å². The SMILES string of the molecule is CCCCCC(Cl)CC[C@H]1CCC(=O)[C@@H]1CCCCCCC(=O)OCC. The fraction of sp³-hybridized carbons (Fsp3) is 0.909. The molecule has 0 bridgehead atoms. The summed E-state index contributed by atoms with van der Waals surface area (Å²) >= 11 is 6.47. The summed E-state index contributed by atoms with van der Waals surface area (Å²) in [5, 5.41) is 0.278. The van der Waals surface area contributed by atoms with Gasteiger partial charge in [0.05, 0.1) is 6.61 Å². The molecule has 1 fully saturated rings. The number of carbonyl (C=O) groups is 2. The number of ketones is 1. The normalized spacial score (nSPS) is 21.1. The Morgan fingerprint density at radius 1 is 1.08 bits per heavy atom. The van der Waals surface area contributed by atoms with E-state index in [-0.39, 0.29) is 17.3 Å². The summed E-state index contributed by atoms with van der Waals surface area (Å²) < 4.78 is 4.94. The molecule has 1 aliphatic carbocycles. The Morgan fingerprint density at radius 3 is 2.58 bits per heavy atom. The zero-order valence-corrected chi connectivity index (χ0v) is 17.7. The maximum atomic E-state index is 12.2. The molecule has 3 nitrogen and oxygen atoms in total. The maximum absolute atomic E-state index is 12.2. The van der Waals surface area contributed by atoms with E-state index in [1.807, 2.05) is 6.92 Å². The lowest BCUT2D eigenvalue weighted by atomic mass is 9.86. The lowest BCUT2D eigenvalue weighted by Gasteiger charge is -2.19. The predicted octanol–water partition coefficient (Wildman–Crippen LogP) is 6.45. The van der Waals surface area contributed by atoms with Crippen LogP contribution in [0.25, 0.3) is 0 Å². The second kappa shape index (κ2) is 14.5. The van der Waals surface area contributed by atoms with Gasteiger partial charge in [-0.1, -0.05) is 45.4 Å². The zero-order chi connectivity index (χ0) is 19.2. The van der Waals surface area contributed by atoms with Crippen molar-refractivity contribution < 1.29 is 14.3 Å². The van der Waals surface area contributed by atoms with Gasteiger partial charge in [-0.2, -0.15) is 0 Å². The van der Waals surface area contributed by atoms with Crippen LogP contribution in [-0.2, 0) is 14.3 Å². The van der Waals surface area contributed by atoms with Gasteiger partial charge >= 0.3 is 5.97 Å². The van der Waals surface area contributed by atoms with Crippen LogP contribution in [0.4, 0.5) is 0 Å². The molecule has 0 radical (unpaired) electrons. The molecule has 0 saturated heterocycles. The van der Waals surface area contributed by atoms with E-state index in [2.05, 4.69) is 6.92 Å². The highest BCUT2D eigenvalue weighted by molar-refractivity contribution is 6.20. The van der Waals surface area contributed by atoms with E-state index in [9.17, 15) is 9.59 Å². The molecule has 3 atom stereocenters. The molecular formula is C22H39ClO3. The molecule has 152 valence electrons. The lowest BCUT2D eigenvalue weighted by Crippen LogP contribution is -2.16. The van der Waals surface area contributed by atoms with E-state index < -0.39 is 0 Å². The molecule has 4 heteroatoms. The van der Waals surface area contributed by atoms with Crippen LogP contribution in [0.15, 0.2) is 0 Å². The Kier molecular flexibility index (Phi) is 13.1. The molecule has 0 aromatic carbocycles. The number of halogens is 1. The van der Waals surface area contributed by atoms with Gasteiger partial charge in [-0.05, 0) is 51.4 Å². The first-order chi connectivity index (χ1) is 12.6. The topological polar surface area (TPSA) is 43.4 Å². The fourth-order valence-electron chi connectivity index (χ4n) is 4.09. The van der Waals surface area contributed by atoms with Gasteiger partial charge in [-0.3, -0.25) is 9.59 Å². The highest BCUT2D eigenvalue weighted by atomic mass is 35.5. The van der Waals surface area contributed by atoms with Crippen molar-refractivity contribution in [2.45, 2.75) is 109 Å². The van der Waals surface area contributed by atoms with E-state index in [1.165, 1.54) is 19.3 Å². The summed E-state index contributed by atoms with van der Waals surface area (Å²) in [6.45, 7) is 4.52. The number of carbonyl (C=O) groups excluding carboxylic acids is 2. The number of unbranched alkanes of at least 4 members (excludes halogenated alkanes) is 5. The van der Waals surface area contributed by atoms with E-state index in [0.29, 0.717) is 24.7 Å². The van der Waals surface area contributed by atoms with Crippen molar-refractivity contribution in [3.8, 4) is 0 Å². The van der Waals surface area contributed by atoms with Crippen molar-refractivity contribution in [2.24, 2.45) is 11.8 Å². The number of hydrogen-bond acceptors (Lipinski definition) is 3. The first-order valence-electron chi connectivity index (χ1n) is 10.9. The minimum absolute atomic E-state index is 0.0897. The average Bonchev–Trinajstić information content (AvgIpc) is 2.96. The van der Waals surface area contributed by atoms with Gasteiger partial charge in [-0.25, -0.2) is 0 Å². The number of Topliss-reactive ketones (excluding diaryl/α,β-unsaturated/α-hetero) is 1. The number of alkyl halides is 1. The van der Waals surface area contributed by atoms with Crippen molar-refractivity contribution in [2.75, 3.05) is 6.61 Å². The molecule has 26 heavy (non-hydrogen) atoms. The third-order valence-electron chi connectivity index (χ3n) is 5.67. The second-order valence-electron chi connectivity index (χ2n) is 7.80. The summed E-state index contributed by atoms with van der Waals surface area (Å²) in [4.78, 5) is 23.5. The Morgan fingerprint density at radius 2 is 1.85 bits per heavy atom. The molecular weight excluding hydrogens is 348 g/mol. The number of rotatable bonds is 15. The number of hydrogen-bond donors (Lipinski definition) is 0. The minimum atomic E-state index is -0.0897. The van der Waals surface area contributed by atoms with Gasteiger partial charge in [0.1, 0.15) is 5.78 Å². The van der Waals surface area contributed by atoms with E-state index >= 15 is 0 Å². The van der Waals surface area contributed by atoms with Crippen LogP contribution in [0, 0.1) is 11.8 Å². The third kappa shape index (κ3) is 9.94. The highest BCUT2D eigenvalue weighted by Gasteiger charge is 2.33. The molecule has 0 aliphatic heterocycles. The van der Waals surface area contributed by atoms with Gasteiger partial charge in [-0.15, -0.1) is 11.6 Å². The summed E-state index contributed by atoms with van der Waals surface area (Å²) in [6, 6.07) is 0. The second-order valence-corrected chi connectivity index (χ2v) is 8.42. The van der Waals surface area contributed by atoms with Crippen LogP contribution in [0.1, 0.15) is 104 Å². The molecule has 1 saturated carbocycles. The Balaban J connectivity index is 2.16. The quantitative estimate of drug-likeness (QED) is 0.184. The van der Waals surface area contributed by atoms with E-state index in [0.717, 1.165) is 64.2 Å². The van der Waals surface area contributed by atoms with Crippen LogP contribution >= 0.6 is 11.6 Å². The molecule has 1 rings (SSSR count). The minimum Gasteiger partial charge on any atom is -0.466 e. The van der Waals surface area contributed by atoms with Crippen molar-refractivity contribution in [3.05, 3.63) is 0 Å². The summed E-state index contributed by atoms with van der Waals surface area (Å²) in [5.74, 6) is 1.20. The molecule has 0 spiro atoms. The van der Waals surface area contributed by atoms with Gasteiger partial charge < -0.3 is 4.74 Å². The van der Waals surface area contributed by atoms with Crippen molar-refractivity contribution in [3.63, 3.8) is 0 Å². The van der Waals surface area contributed by atoms with Crippen LogP contribution in [0.2, 0.25) is 0 Å². The molecule has 0 heterocycles. The Labute approximate surface area is 165 Å². The smallest absolute Gasteiger partial charge is 0.305 e. The Bertz CT molecular complexity index is 397. The maximum Gasteiger partial charge on any atom is 0.305 e. The van der Waals surface area contributed by atoms with Crippen LogP contribution < -0.4 is 0 Å². The van der Waals surface area contributed by atoms with Gasteiger partial charge in [0.15, 0.2) is 0 Å². The van der Waals surface area contributed by atoms with Crippen LogP contribution in [0.5, 0.6) is 0 Å². The monoisotopic (exact) mass is 386 g/mol. The first-order valence-corrected chi connectivity index (χ1v) is 11.3. The third-order valence-corrected chi connectivity index (χ3v) is 6.10. The Hall–Kier alpha value is -0.570. The van der Waals surface area contributed by atoms with Gasteiger partial charge in [0.25, 0.3) is 0 Å². The van der Waals surface area contributed by atoms with Crippen LogP contribution in [0.3, 0.4) is 0 Å². The summed E-state index contributed by atoms with van der Waals surface area (Å²) in [7, 11) is 0. The average molecular weight is 387 g/mol. The zero-order valence-electron chi connectivity index (χ0n) is 16.9. The lowest BCUT2D eigenvalue weighted by molar-refractivity contribution is -0.143. The van der Waals surface area contributed by atoms with Crippen molar-refractivity contribution in [1.29, 1.82) is 0 Å². The molecule has 1 unspecified atom stereocenters. The predicted molar refractivity (Wildman–Crippen MR) is 109 cm³/mol. The van der Waals surface area contributed by atoms with E-state index in [1.54, 1.807) is 0 Å². The van der Waals surface area contributed by atoms with Crippen molar-refractivity contribution in [1.82, 2.24) is 0 Å². The highest BCUT2D eigenvalue weighted by Crippen LogP contribution is 2.36. The van der Waals surface area contributed by atoms with Gasteiger partial charge in [0, 0.05) is 24.1 Å². The van der Waals surface area contributed by atoms with Gasteiger partial charge in [0.2, 0.25) is 0 Å².